The molecule has 4 rings (SSSR count). The fourth-order valence-electron chi connectivity index (χ4n) is 3.67. The van der Waals surface area contributed by atoms with Gasteiger partial charge < -0.3 is 4.90 Å². The van der Waals surface area contributed by atoms with Crippen molar-refractivity contribution >= 4 is 56.4 Å². The van der Waals surface area contributed by atoms with Crippen LogP contribution < -0.4 is 15.6 Å². The maximum Gasteiger partial charge on any atom is 0.269 e. The molecule has 182 valence electrons. The Morgan fingerprint density at radius 3 is 2.54 bits per heavy atom. The second-order valence-electron chi connectivity index (χ2n) is 7.72. The van der Waals surface area contributed by atoms with Crippen LogP contribution in [0, 0.1) is 0 Å². The van der Waals surface area contributed by atoms with Crippen molar-refractivity contribution in [3.63, 3.8) is 0 Å². The topological polar surface area (TPSA) is 125 Å². The summed E-state index contributed by atoms with van der Waals surface area (Å²) in [6, 6.07) is 14.3. The van der Waals surface area contributed by atoms with Gasteiger partial charge in [0.05, 0.1) is 15.5 Å². The molecule has 3 amide bonds. The minimum Gasteiger partial charge on any atom is -0.326 e. The Labute approximate surface area is 211 Å². The van der Waals surface area contributed by atoms with Gasteiger partial charge in [-0.05, 0) is 60.7 Å². The summed E-state index contributed by atoms with van der Waals surface area (Å²) >= 11 is 7.20. The summed E-state index contributed by atoms with van der Waals surface area (Å²) in [7, 11) is -3.99. The molecule has 1 aliphatic heterocycles. The minimum absolute atomic E-state index is 0.0252. The van der Waals surface area contributed by atoms with Crippen molar-refractivity contribution in [2.75, 3.05) is 11.3 Å². The molecular weight excluding hydrogens is 512 g/mol. The highest BCUT2D eigenvalue weighted by atomic mass is 35.5. The minimum atomic E-state index is -3.99. The quantitative estimate of drug-likeness (QED) is 0.420. The SMILES string of the molecule is O=C(NNC(=O)[C@H]1CCCN1C(=O)c1cccs1)c1cccc(S(=O)(=O)Nc2cccc(Cl)c2)c1. The Kier molecular flexibility index (Phi) is 7.39. The van der Waals surface area contributed by atoms with E-state index in [4.69, 9.17) is 11.6 Å². The van der Waals surface area contributed by atoms with Crippen LogP contribution in [0.4, 0.5) is 5.69 Å². The van der Waals surface area contributed by atoms with E-state index in [9.17, 15) is 22.8 Å². The van der Waals surface area contributed by atoms with Gasteiger partial charge >= 0.3 is 0 Å². The first-order valence-electron chi connectivity index (χ1n) is 10.6. The first-order chi connectivity index (χ1) is 16.7. The first-order valence-corrected chi connectivity index (χ1v) is 13.3. The molecule has 1 fully saturated rings. The van der Waals surface area contributed by atoms with Gasteiger partial charge in [-0.2, -0.15) is 0 Å². The van der Waals surface area contributed by atoms with Gasteiger partial charge in [-0.3, -0.25) is 30.0 Å². The van der Waals surface area contributed by atoms with E-state index in [0.29, 0.717) is 29.3 Å². The number of halogens is 1. The molecule has 3 N–H and O–H groups in total. The lowest BCUT2D eigenvalue weighted by Gasteiger charge is -2.23. The van der Waals surface area contributed by atoms with E-state index >= 15 is 0 Å². The second kappa shape index (κ2) is 10.5. The molecule has 1 atom stereocenters. The summed E-state index contributed by atoms with van der Waals surface area (Å²) in [5, 5.41) is 2.16. The highest BCUT2D eigenvalue weighted by Gasteiger charge is 2.35. The molecule has 0 aliphatic carbocycles. The summed E-state index contributed by atoms with van der Waals surface area (Å²) in [5.41, 5.74) is 4.95. The molecule has 9 nitrogen and oxygen atoms in total. The van der Waals surface area contributed by atoms with Gasteiger partial charge in [0.25, 0.3) is 27.7 Å². The standard InChI is InChI=1S/C23H21ClN4O5S2/c24-16-6-2-7-17(14-16)27-35(32,33)18-8-1-5-15(13-18)21(29)25-26-22(30)19-9-3-11-28(19)23(31)20-10-4-12-34-20/h1-2,4-8,10,12-14,19,27H,3,9,11H2,(H,25,29)(H,26,30)/t19-/m1/s1. The van der Waals surface area contributed by atoms with Crippen LogP contribution in [-0.4, -0.2) is 43.6 Å². The molecule has 2 aromatic carbocycles. The molecule has 2 heterocycles. The van der Waals surface area contributed by atoms with Crippen LogP contribution in [-0.2, 0) is 14.8 Å². The van der Waals surface area contributed by atoms with Crippen molar-refractivity contribution in [2.45, 2.75) is 23.8 Å². The van der Waals surface area contributed by atoms with E-state index in [2.05, 4.69) is 15.6 Å². The Bertz CT molecular complexity index is 1360. The van der Waals surface area contributed by atoms with Crippen molar-refractivity contribution in [1.29, 1.82) is 0 Å². The Hall–Kier alpha value is -3.41. The van der Waals surface area contributed by atoms with Crippen LogP contribution in [0.15, 0.2) is 70.9 Å². The largest absolute Gasteiger partial charge is 0.326 e. The van der Waals surface area contributed by atoms with E-state index < -0.39 is 27.9 Å². The van der Waals surface area contributed by atoms with E-state index in [1.165, 1.54) is 46.6 Å². The van der Waals surface area contributed by atoms with Crippen molar-refractivity contribution < 1.29 is 22.8 Å². The number of benzene rings is 2. The molecule has 0 saturated carbocycles. The van der Waals surface area contributed by atoms with E-state index in [-0.39, 0.29) is 22.1 Å². The van der Waals surface area contributed by atoms with Crippen LogP contribution in [0.1, 0.15) is 32.9 Å². The summed E-state index contributed by atoms with van der Waals surface area (Å²) < 4.78 is 27.9. The van der Waals surface area contributed by atoms with Crippen molar-refractivity contribution in [2.24, 2.45) is 0 Å². The predicted octanol–water partition coefficient (Wildman–Crippen LogP) is 3.27. The lowest BCUT2D eigenvalue weighted by Crippen LogP contribution is -2.51. The predicted molar refractivity (Wildman–Crippen MR) is 133 cm³/mol. The zero-order chi connectivity index (χ0) is 25.0. The van der Waals surface area contributed by atoms with E-state index in [1.54, 1.807) is 35.7 Å². The van der Waals surface area contributed by atoms with Crippen molar-refractivity contribution in [3.8, 4) is 0 Å². The highest BCUT2D eigenvalue weighted by molar-refractivity contribution is 7.92. The van der Waals surface area contributed by atoms with Gasteiger partial charge in [-0.25, -0.2) is 8.42 Å². The van der Waals surface area contributed by atoms with Gasteiger partial charge in [0.15, 0.2) is 0 Å². The van der Waals surface area contributed by atoms with E-state index in [1.807, 2.05) is 0 Å². The molecule has 3 aromatic rings. The average Bonchev–Trinajstić information content (AvgIpc) is 3.54. The lowest BCUT2D eigenvalue weighted by molar-refractivity contribution is -0.125. The maximum absolute atomic E-state index is 12.7. The number of nitrogens with zero attached hydrogens (tertiary/aromatic N) is 1. The third-order valence-corrected chi connectivity index (χ3v) is 7.80. The first kappa shape index (κ1) is 24.7. The number of sulfonamides is 1. The number of nitrogens with one attached hydrogen (secondary N) is 3. The number of carbonyl (C=O) groups is 3. The Morgan fingerprint density at radius 1 is 1.00 bits per heavy atom. The summed E-state index contributed by atoms with van der Waals surface area (Å²) in [6.07, 6.45) is 1.14. The Balaban J connectivity index is 1.40. The molecule has 12 heteroatoms. The molecule has 35 heavy (non-hydrogen) atoms. The molecule has 0 unspecified atom stereocenters. The number of rotatable bonds is 6. The lowest BCUT2D eigenvalue weighted by atomic mass is 10.2. The molecule has 0 spiro atoms. The van der Waals surface area contributed by atoms with E-state index in [0.717, 1.165) is 0 Å². The zero-order valence-corrected chi connectivity index (χ0v) is 20.6. The molecule has 0 bridgehead atoms. The average molecular weight is 533 g/mol. The van der Waals surface area contributed by atoms with Gasteiger partial charge in [0, 0.05) is 17.1 Å². The van der Waals surface area contributed by atoms with Crippen LogP contribution in [0.25, 0.3) is 0 Å². The fraction of sp³-hybridized carbons (Fsp3) is 0.174. The molecule has 1 aromatic heterocycles. The molecule has 1 aliphatic rings. The van der Waals surface area contributed by atoms with Crippen LogP contribution in [0.3, 0.4) is 0 Å². The van der Waals surface area contributed by atoms with Crippen molar-refractivity contribution in [1.82, 2.24) is 15.8 Å². The van der Waals surface area contributed by atoms with Gasteiger partial charge in [-0.1, -0.05) is 29.8 Å². The number of anilines is 1. The normalized spacial score (nSPS) is 15.5. The third kappa shape index (κ3) is 5.81. The Morgan fingerprint density at radius 2 is 1.80 bits per heavy atom. The van der Waals surface area contributed by atoms with Crippen LogP contribution >= 0.6 is 22.9 Å². The second-order valence-corrected chi connectivity index (χ2v) is 10.8. The fourth-order valence-corrected chi connectivity index (χ4v) is 5.63. The van der Waals surface area contributed by atoms with Gasteiger partial charge in [0.2, 0.25) is 0 Å². The number of hydrazine groups is 1. The summed E-state index contributed by atoms with van der Waals surface area (Å²) in [4.78, 5) is 39.9. The summed E-state index contributed by atoms with van der Waals surface area (Å²) in [6.45, 7) is 0.447. The molecular formula is C23H21ClN4O5S2. The molecule has 1 saturated heterocycles. The van der Waals surface area contributed by atoms with Crippen LogP contribution in [0.5, 0.6) is 0 Å². The number of carbonyl (C=O) groups excluding carboxylic acids is 3. The summed E-state index contributed by atoms with van der Waals surface area (Å²) in [5.74, 6) is -1.45. The van der Waals surface area contributed by atoms with Gasteiger partial charge in [0.1, 0.15) is 6.04 Å². The number of hydrogen-bond donors (Lipinski definition) is 3. The zero-order valence-electron chi connectivity index (χ0n) is 18.2. The third-order valence-electron chi connectivity index (χ3n) is 5.33. The molecule has 0 radical (unpaired) electrons. The highest BCUT2D eigenvalue weighted by Crippen LogP contribution is 2.23. The number of likely N-dealkylation sites (tertiary alicyclic amines) is 1. The number of thiophene rings is 1. The monoisotopic (exact) mass is 532 g/mol. The smallest absolute Gasteiger partial charge is 0.269 e. The van der Waals surface area contributed by atoms with Crippen LogP contribution in [0.2, 0.25) is 5.02 Å². The number of hydrogen-bond acceptors (Lipinski definition) is 6. The number of amides is 3. The maximum atomic E-state index is 12.7. The van der Waals surface area contributed by atoms with Gasteiger partial charge in [-0.15, -0.1) is 11.3 Å². The van der Waals surface area contributed by atoms with Crippen molar-refractivity contribution in [3.05, 3.63) is 81.5 Å².